The molecule has 34 heavy (non-hydrogen) atoms. The van der Waals surface area contributed by atoms with Crippen molar-refractivity contribution in [2.45, 2.75) is 45.1 Å². The summed E-state index contributed by atoms with van der Waals surface area (Å²) < 4.78 is 42.1. The molecule has 0 radical (unpaired) electrons. The number of pyridine rings is 2. The molecule has 3 aromatic heterocycles. The number of morpholine rings is 1. The van der Waals surface area contributed by atoms with Crippen molar-refractivity contribution in [3.8, 4) is 11.4 Å². The zero-order valence-corrected chi connectivity index (χ0v) is 20.2. The standard InChI is InChI=1S/C23H29N5O5S/c1-16-14-31-12-10-27(16)20-13-17(15-33-34(2,29)30)18-6-8-24-23(22(18)26-20)19-7-9-25-28(19)21-5-3-4-11-32-21/h6-9,13,16,21H,3-5,10-12,14-15H2,1-2H3/t16-,21?/m1/s1. The van der Waals surface area contributed by atoms with Gasteiger partial charge in [-0.2, -0.15) is 13.5 Å². The van der Waals surface area contributed by atoms with E-state index < -0.39 is 10.1 Å². The summed E-state index contributed by atoms with van der Waals surface area (Å²) in [6.45, 7) is 4.59. The third-order valence-corrected chi connectivity index (χ3v) is 6.78. The van der Waals surface area contributed by atoms with E-state index in [1.54, 1.807) is 12.4 Å². The highest BCUT2D eigenvalue weighted by atomic mass is 32.2. The number of nitrogens with zero attached hydrogens (tertiary/aromatic N) is 5. The van der Waals surface area contributed by atoms with Gasteiger partial charge < -0.3 is 14.4 Å². The number of ether oxygens (including phenoxy) is 2. The summed E-state index contributed by atoms with van der Waals surface area (Å²) in [6, 6.07) is 5.79. The fourth-order valence-corrected chi connectivity index (χ4v) is 4.89. The van der Waals surface area contributed by atoms with Crippen LogP contribution in [0.4, 0.5) is 5.82 Å². The van der Waals surface area contributed by atoms with Crippen molar-refractivity contribution in [1.29, 1.82) is 0 Å². The van der Waals surface area contributed by atoms with Crippen LogP contribution in [-0.2, 0) is 30.4 Å². The van der Waals surface area contributed by atoms with E-state index in [1.807, 2.05) is 22.9 Å². The third-order valence-electron chi connectivity index (χ3n) is 6.23. The first-order valence-corrected chi connectivity index (χ1v) is 13.4. The van der Waals surface area contributed by atoms with Crippen LogP contribution in [0.3, 0.4) is 0 Å². The van der Waals surface area contributed by atoms with E-state index in [-0.39, 0.29) is 18.9 Å². The molecule has 2 aliphatic heterocycles. The number of anilines is 1. The van der Waals surface area contributed by atoms with Gasteiger partial charge in [-0.3, -0.25) is 9.17 Å². The Morgan fingerprint density at radius 3 is 2.85 bits per heavy atom. The van der Waals surface area contributed by atoms with E-state index in [1.165, 1.54) is 0 Å². The molecule has 0 bridgehead atoms. The molecule has 10 nitrogen and oxygen atoms in total. The molecule has 2 saturated heterocycles. The minimum Gasteiger partial charge on any atom is -0.377 e. The van der Waals surface area contributed by atoms with Crippen LogP contribution in [0.2, 0.25) is 0 Å². The molecule has 5 heterocycles. The normalized spacial score (nSPS) is 21.8. The highest BCUT2D eigenvalue weighted by molar-refractivity contribution is 7.85. The van der Waals surface area contributed by atoms with Gasteiger partial charge in [0.1, 0.15) is 17.0 Å². The topological polar surface area (TPSA) is 109 Å². The van der Waals surface area contributed by atoms with Gasteiger partial charge in [-0.25, -0.2) is 9.67 Å². The number of hydrogen-bond acceptors (Lipinski definition) is 9. The second kappa shape index (κ2) is 9.57. The Morgan fingerprint density at radius 1 is 1.21 bits per heavy atom. The first-order valence-electron chi connectivity index (χ1n) is 11.5. The van der Waals surface area contributed by atoms with Crippen molar-refractivity contribution in [2.24, 2.45) is 0 Å². The summed E-state index contributed by atoms with van der Waals surface area (Å²) in [7, 11) is -3.61. The van der Waals surface area contributed by atoms with E-state index in [9.17, 15) is 8.42 Å². The summed E-state index contributed by atoms with van der Waals surface area (Å²) in [5.41, 5.74) is 2.88. The fraction of sp³-hybridized carbons (Fsp3) is 0.522. The van der Waals surface area contributed by atoms with Gasteiger partial charge in [0, 0.05) is 30.9 Å². The molecule has 5 rings (SSSR count). The van der Waals surface area contributed by atoms with Crippen LogP contribution >= 0.6 is 0 Å². The molecule has 3 aromatic rings. The molecule has 11 heteroatoms. The molecule has 0 aromatic carbocycles. The fourth-order valence-electron chi connectivity index (χ4n) is 4.55. The average Bonchev–Trinajstić information content (AvgIpc) is 3.32. The van der Waals surface area contributed by atoms with Gasteiger partial charge in [-0.1, -0.05) is 0 Å². The van der Waals surface area contributed by atoms with Crippen molar-refractivity contribution < 1.29 is 22.1 Å². The predicted molar refractivity (Wildman–Crippen MR) is 127 cm³/mol. The lowest BCUT2D eigenvalue weighted by Gasteiger charge is -2.34. The first kappa shape index (κ1) is 23.2. The zero-order chi connectivity index (χ0) is 23.7. The van der Waals surface area contributed by atoms with Crippen molar-refractivity contribution in [2.75, 3.05) is 37.5 Å². The van der Waals surface area contributed by atoms with E-state index in [0.717, 1.165) is 48.0 Å². The van der Waals surface area contributed by atoms with Crippen molar-refractivity contribution in [3.63, 3.8) is 0 Å². The van der Waals surface area contributed by atoms with Crippen molar-refractivity contribution in [1.82, 2.24) is 19.7 Å². The number of aromatic nitrogens is 4. The van der Waals surface area contributed by atoms with Gasteiger partial charge in [-0.15, -0.1) is 0 Å². The van der Waals surface area contributed by atoms with Crippen LogP contribution in [0.1, 0.15) is 38.0 Å². The second-order valence-corrected chi connectivity index (χ2v) is 10.4. The third kappa shape index (κ3) is 4.78. The van der Waals surface area contributed by atoms with E-state index in [4.69, 9.17) is 18.6 Å². The van der Waals surface area contributed by atoms with Gasteiger partial charge in [0.2, 0.25) is 0 Å². The summed E-state index contributed by atoms with van der Waals surface area (Å²) in [4.78, 5) is 11.9. The minimum atomic E-state index is -3.61. The lowest BCUT2D eigenvalue weighted by Crippen LogP contribution is -2.44. The molecule has 2 fully saturated rings. The SMILES string of the molecule is C[C@@H]1COCCN1c1cc(COS(C)(=O)=O)c2ccnc(-c3ccnn3C3CCCCO3)c2n1. The molecule has 182 valence electrons. The van der Waals surface area contributed by atoms with Crippen LogP contribution in [0.25, 0.3) is 22.3 Å². The highest BCUT2D eigenvalue weighted by Gasteiger charge is 2.25. The van der Waals surface area contributed by atoms with Crippen LogP contribution < -0.4 is 4.90 Å². The molecule has 0 N–H and O–H groups in total. The Bertz CT molecular complexity index is 1270. The molecule has 0 saturated carbocycles. The minimum absolute atomic E-state index is 0.0853. The highest BCUT2D eigenvalue weighted by Crippen LogP contribution is 2.34. The van der Waals surface area contributed by atoms with Gasteiger partial charge in [0.05, 0.1) is 37.8 Å². The Morgan fingerprint density at radius 2 is 2.09 bits per heavy atom. The molecule has 0 amide bonds. The van der Waals surface area contributed by atoms with Crippen LogP contribution in [0.5, 0.6) is 0 Å². The van der Waals surface area contributed by atoms with E-state index in [0.29, 0.717) is 37.6 Å². The largest absolute Gasteiger partial charge is 0.377 e. The van der Waals surface area contributed by atoms with Crippen LogP contribution in [0.15, 0.2) is 30.6 Å². The Kier molecular flexibility index (Phi) is 6.52. The Labute approximate surface area is 199 Å². The van der Waals surface area contributed by atoms with Crippen LogP contribution in [0, 0.1) is 0 Å². The van der Waals surface area contributed by atoms with Crippen molar-refractivity contribution in [3.05, 3.63) is 36.2 Å². The van der Waals surface area contributed by atoms with Crippen LogP contribution in [-0.4, -0.2) is 66.8 Å². The van der Waals surface area contributed by atoms with Gasteiger partial charge in [0.15, 0.2) is 6.23 Å². The predicted octanol–water partition coefficient (Wildman–Crippen LogP) is 2.89. The smallest absolute Gasteiger partial charge is 0.264 e. The average molecular weight is 488 g/mol. The quantitative estimate of drug-likeness (QED) is 0.485. The summed E-state index contributed by atoms with van der Waals surface area (Å²) in [5.74, 6) is 0.740. The summed E-state index contributed by atoms with van der Waals surface area (Å²) >= 11 is 0. The molecule has 0 spiro atoms. The maximum absolute atomic E-state index is 11.8. The monoisotopic (exact) mass is 487 g/mol. The van der Waals surface area contributed by atoms with E-state index >= 15 is 0 Å². The molecular formula is C23H29N5O5S. The van der Waals surface area contributed by atoms with Gasteiger partial charge in [0.25, 0.3) is 10.1 Å². The molecule has 1 unspecified atom stereocenters. The lowest BCUT2D eigenvalue weighted by molar-refractivity contribution is -0.0383. The summed E-state index contributed by atoms with van der Waals surface area (Å²) in [6.07, 6.45) is 7.37. The van der Waals surface area contributed by atoms with Gasteiger partial charge in [-0.05, 0) is 49.9 Å². The maximum atomic E-state index is 11.8. The number of fused-ring (bicyclic) bond motifs is 1. The number of rotatable bonds is 6. The Hall–Kier alpha value is -2.60. The molecular weight excluding hydrogens is 458 g/mol. The molecule has 2 aliphatic rings. The first-order chi connectivity index (χ1) is 16.4. The van der Waals surface area contributed by atoms with E-state index in [2.05, 4.69) is 21.9 Å². The zero-order valence-electron chi connectivity index (χ0n) is 19.4. The lowest BCUT2D eigenvalue weighted by atomic mass is 10.1. The van der Waals surface area contributed by atoms with Gasteiger partial charge >= 0.3 is 0 Å². The second-order valence-electron chi connectivity index (χ2n) is 8.76. The van der Waals surface area contributed by atoms with Crippen molar-refractivity contribution >= 4 is 26.8 Å². The molecule has 2 atom stereocenters. The maximum Gasteiger partial charge on any atom is 0.264 e. The molecule has 0 aliphatic carbocycles. The summed E-state index contributed by atoms with van der Waals surface area (Å²) in [5, 5.41) is 5.32. The number of hydrogen-bond donors (Lipinski definition) is 0. The Balaban J connectivity index is 1.65.